The monoisotopic (exact) mass is 243 g/mol. The van der Waals surface area contributed by atoms with Gasteiger partial charge in [-0.1, -0.05) is 40.3 Å². The number of thiocarbonyl (C=S) groups is 1. The Morgan fingerprint density at radius 2 is 2.25 bits per heavy atom. The smallest absolute Gasteiger partial charge is 0.0772 e. The van der Waals surface area contributed by atoms with Crippen LogP contribution in [0.1, 0.15) is 11.1 Å². The highest BCUT2D eigenvalue weighted by molar-refractivity contribution is 9.10. The third-order valence-electron chi connectivity index (χ3n) is 1.57. The largest absolute Gasteiger partial charge is 0.393 e. The van der Waals surface area contributed by atoms with Crippen molar-refractivity contribution in [2.45, 2.75) is 13.3 Å². The minimum atomic E-state index is 0.527. The Hall–Kier alpha value is -0.410. The molecule has 64 valence electrons. The molecule has 1 nitrogen and oxygen atoms in total. The fourth-order valence-corrected chi connectivity index (χ4v) is 1.77. The molecule has 3 heteroatoms. The summed E-state index contributed by atoms with van der Waals surface area (Å²) >= 11 is 8.29. The van der Waals surface area contributed by atoms with Gasteiger partial charge in [0.1, 0.15) is 0 Å². The van der Waals surface area contributed by atoms with Gasteiger partial charge >= 0.3 is 0 Å². The second kappa shape index (κ2) is 4.01. The molecule has 0 radical (unpaired) electrons. The van der Waals surface area contributed by atoms with E-state index in [0.29, 0.717) is 11.4 Å². The molecule has 1 rings (SSSR count). The van der Waals surface area contributed by atoms with E-state index in [1.165, 1.54) is 5.56 Å². The van der Waals surface area contributed by atoms with E-state index in [1.807, 2.05) is 6.07 Å². The second-order valence-corrected chi connectivity index (χ2v) is 4.12. The first-order chi connectivity index (χ1) is 5.59. The molecule has 0 aliphatic rings. The van der Waals surface area contributed by atoms with Gasteiger partial charge in [0.05, 0.1) is 4.99 Å². The zero-order chi connectivity index (χ0) is 9.14. The van der Waals surface area contributed by atoms with E-state index in [-0.39, 0.29) is 0 Å². The minimum absolute atomic E-state index is 0.527. The highest BCUT2D eigenvalue weighted by Gasteiger charge is 2.00. The molecular weight excluding hydrogens is 234 g/mol. The van der Waals surface area contributed by atoms with Gasteiger partial charge in [-0.05, 0) is 24.1 Å². The summed E-state index contributed by atoms with van der Waals surface area (Å²) in [6.07, 6.45) is 0.663. The van der Waals surface area contributed by atoms with Gasteiger partial charge in [0.25, 0.3) is 0 Å². The van der Waals surface area contributed by atoms with Crippen molar-refractivity contribution in [2.24, 2.45) is 5.73 Å². The van der Waals surface area contributed by atoms with Crippen LogP contribution in [0.25, 0.3) is 0 Å². The van der Waals surface area contributed by atoms with Gasteiger partial charge in [-0.15, -0.1) is 0 Å². The van der Waals surface area contributed by atoms with Crippen LogP contribution in [0, 0.1) is 6.92 Å². The van der Waals surface area contributed by atoms with Crippen LogP contribution in [0.5, 0.6) is 0 Å². The molecule has 0 heterocycles. The maximum Gasteiger partial charge on any atom is 0.0772 e. The van der Waals surface area contributed by atoms with E-state index in [4.69, 9.17) is 18.0 Å². The second-order valence-electron chi connectivity index (χ2n) is 2.74. The third-order valence-corrected chi connectivity index (χ3v) is 2.46. The average Bonchev–Trinajstić information content (AvgIpc) is 1.94. The summed E-state index contributed by atoms with van der Waals surface area (Å²) in [7, 11) is 0. The van der Waals surface area contributed by atoms with Crippen LogP contribution >= 0.6 is 28.1 Å². The first-order valence-electron chi connectivity index (χ1n) is 3.63. The molecule has 0 bridgehead atoms. The van der Waals surface area contributed by atoms with E-state index in [0.717, 1.165) is 10.0 Å². The van der Waals surface area contributed by atoms with E-state index in [9.17, 15) is 0 Å². The van der Waals surface area contributed by atoms with Crippen molar-refractivity contribution in [3.8, 4) is 0 Å². The zero-order valence-electron chi connectivity index (χ0n) is 6.80. The van der Waals surface area contributed by atoms with Gasteiger partial charge < -0.3 is 5.73 Å². The lowest BCUT2D eigenvalue weighted by Gasteiger charge is -2.03. The molecule has 0 saturated carbocycles. The Morgan fingerprint density at radius 3 is 2.75 bits per heavy atom. The van der Waals surface area contributed by atoms with Gasteiger partial charge in [0, 0.05) is 10.9 Å². The van der Waals surface area contributed by atoms with Gasteiger partial charge in [-0.2, -0.15) is 0 Å². The number of nitrogens with two attached hydrogens (primary N) is 1. The molecule has 0 atom stereocenters. The normalized spacial score (nSPS) is 9.83. The Kier molecular flexibility index (Phi) is 3.23. The Labute approximate surface area is 86.1 Å². The van der Waals surface area contributed by atoms with Crippen molar-refractivity contribution >= 4 is 33.1 Å². The molecular formula is C9H10BrNS. The third kappa shape index (κ3) is 2.57. The topological polar surface area (TPSA) is 26.0 Å². The van der Waals surface area contributed by atoms with E-state index in [2.05, 4.69) is 35.0 Å². The standard InChI is InChI=1S/C9H10BrNS/c1-6-2-3-7(5-9(11)12)8(10)4-6/h2-4H,5H2,1H3,(H2,11,12). The molecule has 0 saturated heterocycles. The summed E-state index contributed by atoms with van der Waals surface area (Å²) in [4.78, 5) is 0.527. The van der Waals surface area contributed by atoms with Crippen molar-refractivity contribution in [3.05, 3.63) is 33.8 Å². The summed E-state index contributed by atoms with van der Waals surface area (Å²) in [6, 6.07) is 6.16. The van der Waals surface area contributed by atoms with E-state index >= 15 is 0 Å². The van der Waals surface area contributed by atoms with Crippen LogP contribution < -0.4 is 5.73 Å². The SMILES string of the molecule is Cc1ccc(CC(N)=S)c(Br)c1. The quantitative estimate of drug-likeness (QED) is 0.809. The fourth-order valence-electron chi connectivity index (χ4n) is 0.983. The Bertz CT molecular complexity index is 309. The van der Waals surface area contributed by atoms with Crippen LogP contribution in [0.4, 0.5) is 0 Å². The molecule has 1 aromatic rings. The molecule has 2 N–H and O–H groups in total. The summed E-state index contributed by atoms with van der Waals surface area (Å²) in [5, 5.41) is 0. The first-order valence-corrected chi connectivity index (χ1v) is 4.83. The number of aryl methyl sites for hydroxylation is 1. The van der Waals surface area contributed by atoms with Crippen molar-refractivity contribution < 1.29 is 0 Å². The van der Waals surface area contributed by atoms with Crippen molar-refractivity contribution in [1.82, 2.24) is 0 Å². The fraction of sp³-hybridized carbons (Fsp3) is 0.222. The van der Waals surface area contributed by atoms with Crippen LogP contribution in [-0.2, 0) is 6.42 Å². The molecule has 0 spiro atoms. The minimum Gasteiger partial charge on any atom is -0.393 e. The van der Waals surface area contributed by atoms with Crippen molar-refractivity contribution in [2.75, 3.05) is 0 Å². The highest BCUT2D eigenvalue weighted by atomic mass is 79.9. The van der Waals surface area contributed by atoms with Crippen LogP contribution in [-0.4, -0.2) is 4.99 Å². The lowest BCUT2D eigenvalue weighted by atomic mass is 10.1. The van der Waals surface area contributed by atoms with Crippen LogP contribution in [0.3, 0.4) is 0 Å². The number of rotatable bonds is 2. The molecule has 0 aliphatic heterocycles. The molecule has 0 aromatic heterocycles. The maximum atomic E-state index is 5.44. The van der Waals surface area contributed by atoms with Gasteiger partial charge in [-0.25, -0.2) is 0 Å². The molecule has 0 fully saturated rings. The lowest BCUT2D eigenvalue weighted by molar-refractivity contribution is 1.28. The summed E-state index contributed by atoms with van der Waals surface area (Å²) in [6.45, 7) is 2.05. The van der Waals surface area contributed by atoms with Crippen LogP contribution in [0.2, 0.25) is 0 Å². The predicted octanol–water partition coefficient (Wildman–Crippen LogP) is 2.59. The Morgan fingerprint density at radius 1 is 1.58 bits per heavy atom. The molecule has 0 aliphatic carbocycles. The number of hydrogen-bond acceptors (Lipinski definition) is 1. The predicted molar refractivity (Wildman–Crippen MR) is 59.4 cm³/mol. The zero-order valence-corrected chi connectivity index (χ0v) is 9.21. The van der Waals surface area contributed by atoms with Crippen molar-refractivity contribution in [1.29, 1.82) is 0 Å². The van der Waals surface area contributed by atoms with Crippen LogP contribution in [0.15, 0.2) is 22.7 Å². The van der Waals surface area contributed by atoms with E-state index in [1.54, 1.807) is 0 Å². The number of hydrogen-bond donors (Lipinski definition) is 1. The van der Waals surface area contributed by atoms with Gasteiger partial charge in [-0.3, -0.25) is 0 Å². The molecule has 0 amide bonds. The van der Waals surface area contributed by atoms with E-state index < -0.39 is 0 Å². The lowest BCUT2D eigenvalue weighted by Crippen LogP contribution is -2.11. The summed E-state index contributed by atoms with van der Waals surface area (Å²) in [5.74, 6) is 0. The maximum absolute atomic E-state index is 5.44. The number of halogens is 1. The Balaban J connectivity index is 2.93. The molecule has 1 aromatic carbocycles. The van der Waals surface area contributed by atoms with Gasteiger partial charge in [0.2, 0.25) is 0 Å². The summed E-state index contributed by atoms with van der Waals surface area (Å²) in [5.41, 5.74) is 7.82. The number of benzene rings is 1. The highest BCUT2D eigenvalue weighted by Crippen LogP contribution is 2.18. The first kappa shape index (κ1) is 9.68. The summed E-state index contributed by atoms with van der Waals surface area (Å²) < 4.78 is 1.08. The molecule has 0 unspecified atom stereocenters. The van der Waals surface area contributed by atoms with Gasteiger partial charge in [0.15, 0.2) is 0 Å². The molecule has 12 heavy (non-hydrogen) atoms. The average molecular weight is 244 g/mol. The van der Waals surface area contributed by atoms with Crippen molar-refractivity contribution in [3.63, 3.8) is 0 Å².